The molecule has 2 atom stereocenters. The van der Waals surface area contributed by atoms with Crippen LogP contribution in [-0.2, 0) is 4.79 Å². The maximum absolute atomic E-state index is 13.2. The fourth-order valence-electron chi connectivity index (χ4n) is 2.96. The molecule has 1 aliphatic rings. The summed E-state index contributed by atoms with van der Waals surface area (Å²) in [5.74, 6) is -2.98. The fourth-order valence-corrected chi connectivity index (χ4v) is 2.96. The molecule has 2 aromatic rings. The lowest BCUT2D eigenvalue weighted by Crippen LogP contribution is -2.33. The van der Waals surface area contributed by atoms with Crippen LogP contribution in [0.15, 0.2) is 42.5 Å². The Morgan fingerprint density at radius 2 is 1.69 bits per heavy atom. The molecule has 26 heavy (non-hydrogen) atoms. The Hall–Kier alpha value is -2.96. The van der Waals surface area contributed by atoms with Crippen molar-refractivity contribution in [3.8, 4) is 11.5 Å². The number of aliphatic carboxylic acids is 1. The van der Waals surface area contributed by atoms with Crippen molar-refractivity contribution in [2.24, 2.45) is 5.92 Å². The van der Waals surface area contributed by atoms with Gasteiger partial charge < -0.3 is 15.2 Å². The van der Waals surface area contributed by atoms with Crippen LogP contribution in [0, 0.1) is 17.6 Å². The summed E-state index contributed by atoms with van der Waals surface area (Å²) in [6.07, 6.45) is 1.62. The van der Waals surface area contributed by atoms with Crippen molar-refractivity contribution in [2.45, 2.75) is 25.3 Å². The molecule has 0 radical (unpaired) electrons. The second kappa shape index (κ2) is 7.51. The third-order valence-electron chi connectivity index (χ3n) is 4.36. The van der Waals surface area contributed by atoms with Crippen molar-refractivity contribution >= 4 is 11.9 Å². The molecule has 1 aliphatic carbocycles. The predicted molar refractivity (Wildman–Crippen MR) is 89.1 cm³/mol. The topological polar surface area (TPSA) is 75.6 Å². The lowest BCUT2D eigenvalue weighted by atomic mass is 10.1. The highest BCUT2D eigenvalue weighted by Gasteiger charge is 2.30. The van der Waals surface area contributed by atoms with Gasteiger partial charge in [-0.3, -0.25) is 9.59 Å². The van der Waals surface area contributed by atoms with Gasteiger partial charge in [0.05, 0.1) is 5.92 Å². The lowest BCUT2D eigenvalue weighted by Gasteiger charge is -2.13. The Labute approximate surface area is 148 Å². The highest BCUT2D eigenvalue weighted by Crippen LogP contribution is 2.26. The van der Waals surface area contributed by atoms with E-state index in [2.05, 4.69) is 5.32 Å². The first kappa shape index (κ1) is 17.8. The number of benzene rings is 2. The number of hydrogen-bond donors (Lipinski definition) is 2. The average Bonchev–Trinajstić information content (AvgIpc) is 3.07. The molecule has 0 aliphatic heterocycles. The minimum atomic E-state index is -1.00. The van der Waals surface area contributed by atoms with Crippen LogP contribution in [0.2, 0.25) is 0 Å². The number of nitrogens with one attached hydrogen (secondary N) is 1. The first-order valence-electron chi connectivity index (χ1n) is 8.19. The summed E-state index contributed by atoms with van der Waals surface area (Å²) in [4.78, 5) is 23.2. The number of rotatable bonds is 5. The Bertz CT molecular complexity index is 823. The van der Waals surface area contributed by atoms with Gasteiger partial charge in [-0.05, 0) is 55.7 Å². The molecule has 0 heterocycles. The number of ether oxygens (including phenoxy) is 1. The number of hydrogen-bond acceptors (Lipinski definition) is 3. The normalized spacial score (nSPS) is 19.2. The van der Waals surface area contributed by atoms with E-state index in [4.69, 9.17) is 9.84 Å². The van der Waals surface area contributed by atoms with Crippen LogP contribution in [0.1, 0.15) is 29.6 Å². The van der Waals surface area contributed by atoms with Crippen molar-refractivity contribution in [2.75, 3.05) is 0 Å². The summed E-state index contributed by atoms with van der Waals surface area (Å²) in [6, 6.07) is 9.26. The van der Waals surface area contributed by atoms with Gasteiger partial charge in [0, 0.05) is 17.7 Å². The van der Waals surface area contributed by atoms with E-state index in [9.17, 15) is 18.4 Å². The minimum absolute atomic E-state index is 0.145. The van der Waals surface area contributed by atoms with Crippen LogP contribution in [0.3, 0.4) is 0 Å². The van der Waals surface area contributed by atoms with Gasteiger partial charge in [-0.2, -0.15) is 0 Å². The Morgan fingerprint density at radius 1 is 1.00 bits per heavy atom. The molecule has 7 heteroatoms. The highest BCUT2D eigenvalue weighted by atomic mass is 19.2. The Morgan fingerprint density at radius 3 is 2.31 bits per heavy atom. The zero-order valence-corrected chi connectivity index (χ0v) is 13.7. The number of amides is 1. The Balaban J connectivity index is 1.59. The molecule has 5 nitrogen and oxygen atoms in total. The minimum Gasteiger partial charge on any atom is -0.481 e. The average molecular weight is 361 g/mol. The van der Waals surface area contributed by atoms with Crippen LogP contribution in [0.4, 0.5) is 8.78 Å². The van der Waals surface area contributed by atoms with Crippen molar-refractivity contribution in [1.29, 1.82) is 0 Å². The van der Waals surface area contributed by atoms with Crippen LogP contribution in [0.25, 0.3) is 0 Å². The first-order chi connectivity index (χ1) is 12.4. The summed E-state index contributed by atoms with van der Waals surface area (Å²) in [7, 11) is 0. The Kier molecular flexibility index (Phi) is 5.16. The standard InChI is InChI=1S/C19H17F2NO4/c20-16-8-7-15(10-17(16)21)26-14-5-2-11(3-6-14)18(23)22-13-4-1-12(9-13)19(24)25/h2-3,5-8,10,12-13H,1,4,9H2,(H,22,23)(H,24,25)/t12-,13+/m0/s1. The lowest BCUT2D eigenvalue weighted by molar-refractivity contribution is -0.141. The van der Waals surface area contributed by atoms with Crippen LogP contribution in [-0.4, -0.2) is 23.0 Å². The molecule has 0 aromatic heterocycles. The quantitative estimate of drug-likeness (QED) is 0.851. The van der Waals surface area contributed by atoms with Gasteiger partial charge in [-0.1, -0.05) is 0 Å². The predicted octanol–water partition coefficient (Wildman–Crippen LogP) is 3.74. The number of carbonyl (C=O) groups is 2. The molecule has 1 fully saturated rings. The van der Waals surface area contributed by atoms with Gasteiger partial charge in [-0.15, -0.1) is 0 Å². The van der Waals surface area contributed by atoms with Crippen molar-refractivity contribution in [3.63, 3.8) is 0 Å². The smallest absolute Gasteiger partial charge is 0.306 e. The molecule has 0 unspecified atom stereocenters. The number of halogens is 2. The molecule has 0 spiro atoms. The number of carboxylic acids is 1. The summed E-state index contributed by atoms with van der Waals surface area (Å²) >= 11 is 0. The summed E-state index contributed by atoms with van der Waals surface area (Å²) < 4.78 is 31.5. The fraction of sp³-hybridized carbons (Fsp3) is 0.263. The zero-order valence-electron chi connectivity index (χ0n) is 13.7. The van der Waals surface area contributed by atoms with Gasteiger partial charge in [0.15, 0.2) is 11.6 Å². The maximum Gasteiger partial charge on any atom is 0.306 e. The number of carboxylic acid groups (broad SMARTS) is 1. The van der Waals surface area contributed by atoms with Gasteiger partial charge >= 0.3 is 5.97 Å². The van der Waals surface area contributed by atoms with Gasteiger partial charge in [0.1, 0.15) is 11.5 Å². The molecular weight excluding hydrogens is 344 g/mol. The van der Waals surface area contributed by atoms with Crippen molar-refractivity contribution < 1.29 is 28.2 Å². The van der Waals surface area contributed by atoms with E-state index in [0.717, 1.165) is 12.1 Å². The van der Waals surface area contributed by atoms with Gasteiger partial charge in [0.2, 0.25) is 0 Å². The van der Waals surface area contributed by atoms with E-state index >= 15 is 0 Å². The molecule has 136 valence electrons. The van der Waals surface area contributed by atoms with Crippen LogP contribution in [0.5, 0.6) is 11.5 Å². The highest BCUT2D eigenvalue weighted by molar-refractivity contribution is 5.94. The first-order valence-corrected chi connectivity index (χ1v) is 8.19. The molecule has 1 saturated carbocycles. The molecule has 1 amide bonds. The van der Waals surface area contributed by atoms with E-state index in [-0.39, 0.29) is 17.7 Å². The molecular formula is C19H17F2NO4. The second-order valence-electron chi connectivity index (χ2n) is 6.22. The van der Waals surface area contributed by atoms with Gasteiger partial charge in [-0.25, -0.2) is 8.78 Å². The van der Waals surface area contributed by atoms with E-state index in [1.54, 1.807) is 24.3 Å². The summed E-state index contributed by atoms with van der Waals surface area (Å²) in [5.41, 5.74) is 0.404. The molecule has 0 saturated heterocycles. The monoisotopic (exact) mass is 361 g/mol. The largest absolute Gasteiger partial charge is 0.481 e. The zero-order chi connectivity index (χ0) is 18.7. The third-order valence-corrected chi connectivity index (χ3v) is 4.36. The molecule has 3 rings (SSSR count). The van der Waals surface area contributed by atoms with Gasteiger partial charge in [0.25, 0.3) is 5.91 Å². The van der Waals surface area contributed by atoms with Crippen molar-refractivity contribution in [1.82, 2.24) is 5.32 Å². The third kappa shape index (κ3) is 4.17. The van der Waals surface area contributed by atoms with E-state index in [1.165, 1.54) is 6.07 Å². The molecule has 2 N–H and O–H groups in total. The van der Waals surface area contributed by atoms with Crippen LogP contribution < -0.4 is 10.1 Å². The maximum atomic E-state index is 13.2. The second-order valence-corrected chi connectivity index (χ2v) is 6.22. The number of carbonyl (C=O) groups excluding carboxylic acids is 1. The van der Waals surface area contributed by atoms with E-state index in [1.807, 2.05) is 0 Å². The van der Waals surface area contributed by atoms with Crippen LogP contribution >= 0.6 is 0 Å². The molecule has 2 aromatic carbocycles. The summed E-state index contributed by atoms with van der Waals surface area (Å²) in [5, 5.41) is 11.8. The van der Waals surface area contributed by atoms with E-state index < -0.39 is 23.5 Å². The van der Waals surface area contributed by atoms with E-state index in [0.29, 0.717) is 30.6 Å². The summed E-state index contributed by atoms with van der Waals surface area (Å²) in [6.45, 7) is 0. The van der Waals surface area contributed by atoms with Crippen molar-refractivity contribution in [3.05, 3.63) is 59.7 Å². The SMILES string of the molecule is O=C(N[C@@H]1CC[C@H](C(=O)O)C1)c1ccc(Oc2ccc(F)c(F)c2)cc1. The molecule has 0 bridgehead atoms.